The van der Waals surface area contributed by atoms with Crippen LogP contribution in [0.4, 0.5) is 17.1 Å². The fraction of sp³-hybridized carbons (Fsp3) is 0.0690. The Bertz CT molecular complexity index is 3110. The molecule has 1 nitrogen and oxygen atoms in total. The van der Waals surface area contributed by atoms with Crippen molar-refractivity contribution < 1.29 is 0 Å². The van der Waals surface area contributed by atoms with Crippen molar-refractivity contribution >= 4 is 49.4 Å². The van der Waals surface area contributed by atoms with Crippen molar-refractivity contribution in [3.8, 4) is 44.5 Å². The molecule has 0 aliphatic carbocycles. The van der Waals surface area contributed by atoms with Crippen molar-refractivity contribution in [1.29, 1.82) is 0 Å². The molecular formula is C58H45N. The lowest BCUT2D eigenvalue weighted by molar-refractivity contribution is 0.590. The zero-order valence-electron chi connectivity index (χ0n) is 33.7. The minimum Gasteiger partial charge on any atom is -0.309 e. The number of hydrogen-bond acceptors (Lipinski definition) is 1. The highest BCUT2D eigenvalue weighted by molar-refractivity contribution is 6.12. The lowest BCUT2D eigenvalue weighted by atomic mass is 9.86. The minimum atomic E-state index is 0.0685. The molecule has 0 amide bonds. The quantitative estimate of drug-likeness (QED) is 0.146. The predicted octanol–water partition coefficient (Wildman–Crippen LogP) is 16.6. The number of anilines is 3. The van der Waals surface area contributed by atoms with Crippen LogP contribution in [0.2, 0.25) is 0 Å². The number of para-hydroxylation sites is 2. The molecule has 0 aromatic heterocycles. The van der Waals surface area contributed by atoms with Crippen molar-refractivity contribution in [2.24, 2.45) is 0 Å². The van der Waals surface area contributed by atoms with Gasteiger partial charge in [-0.3, -0.25) is 0 Å². The van der Waals surface area contributed by atoms with E-state index in [0.29, 0.717) is 0 Å². The SMILES string of the molecule is CC(C)(C)c1ccc(-c2ccccc2N(c2ccc(-c3cccc4c3ccc3ccccc34)cc2)c2ccccc2-c2cccc3cccc(-c4ccccc4)c23)cc1. The van der Waals surface area contributed by atoms with Gasteiger partial charge in [0.05, 0.1) is 11.4 Å². The molecule has 0 radical (unpaired) electrons. The highest BCUT2D eigenvalue weighted by Gasteiger charge is 2.23. The summed E-state index contributed by atoms with van der Waals surface area (Å²) < 4.78 is 0. The van der Waals surface area contributed by atoms with Gasteiger partial charge in [-0.25, -0.2) is 0 Å². The molecule has 10 rings (SSSR count). The standard InChI is InChI=1S/C58H45N/c1-58(2,3)45-35-30-43(31-36-45)49-22-9-11-28-55(49)59(46-37-32-42(33-38-46)48-24-15-26-51-47-21-8-7-18-41(47)34-39-52(48)51)56-29-12-10-23-53(56)54-27-14-20-44-19-13-25-50(57(44)54)40-16-5-4-6-17-40/h4-39H,1-3H3. The zero-order chi connectivity index (χ0) is 39.9. The number of fused-ring (bicyclic) bond motifs is 4. The molecule has 0 aliphatic heterocycles. The van der Waals surface area contributed by atoms with Gasteiger partial charge < -0.3 is 4.90 Å². The van der Waals surface area contributed by atoms with Gasteiger partial charge in [0, 0.05) is 16.8 Å². The maximum atomic E-state index is 2.46. The van der Waals surface area contributed by atoms with Crippen molar-refractivity contribution in [3.05, 3.63) is 224 Å². The van der Waals surface area contributed by atoms with E-state index in [1.54, 1.807) is 0 Å². The van der Waals surface area contributed by atoms with E-state index in [2.05, 4.69) is 244 Å². The molecule has 59 heavy (non-hydrogen) atoms. The Morgan fingerprint density at radius 2 is 0.814 bits per heavy atom. The van der Waals surface area contributed by atoms with Gasteiger partial charge in [-0.05, 0) is 101 Å². The van der Waals surface area contributed by atoms with E-state index in [9.17, 15) is 0 Å². The monoisotopic (exact) mass is 755 g/mol. The molecule has 0 aliphatic rings. The lowest BCUT2D eigenvalue weighted by Crippen LogP contribution is -2.13. The first-order valence-electron chi connectivity index (χ1n) is 20.6. The normalized spacial score (nSPS) is 11.6. The van der Waals surface area contributed by atoms with E-state index in [0.717, 1.165) is 17.1 Å². The molecule has 0 fully saturated rings. The fourth-order valence-electron chi connectivity index (χ4n) is 8.87. The zero-order valence-corrected chi connectivity index (χ0v) is 33.7. The molecule has 282 valence electrons. The van der Waals surface area contributed by atoms with Gasteiger partial charge in [0.1, 0.15) is 0 Å². The maximum Gasteiger partial charge on any atom is 0.0540 e. The van der Waals surface area contributed by atoms with E-state index in [4.69, 9.17) is 0 Å². The van der Waals surface area contributed by atoms with Crippen LogP contribution in [0.1, 0.15) is 26.3 Å². The molecule has 0 heterocycles. The third-order valence-corrected chi connectivity index (χ3v) is 11.9. The second-order valence-electron chi connectivity index (χ2n) is 16.5. The van der Waals surface area contributed by atoms with Gasteiger partial charge in [-0.2, -0.15) is 0 Å². The van der Waals surface area contributed by atoms with Gasteiger partial charge in [0.25, 0.3) is 0 Å². The van der Waals surface area contributed by atoms with Crippen LogP contribution in [-0.4, -0.2) is 0 Å². The van der Waals surface area contributed by atoms with Crippen LogP contribution in [0.5, 0.6) is 0 Å². The van der Waals surface area contributed by atoms with Gasteiger partial charge in [0.15, 0.2) is 0 Å². The number of nitrogens with zero attached hydrogens (tertiary/aromatic N) is 1. The molecule has 1 heteroatoms. The lowest BCUT2D eigenvalue weighted by Gasteiger charge is -2.30. The van der Waals surface area contributed by atoms with Crippen molar-refractivity contribution in [3.63, 3.8) is 0 Å². The first-order valence-corrected chi connectivity index (χ1v) is 20.6. The summed E-state index contributed by atoms with van der Waals surface area (Å²) in [4.78, 5) is 2.46. The summed E-state index contributed by atoms with van der Waals surface area (Å²) in [5, 5.41) is 7.54. The third kappa shape index (κ3) is 6.65. The smallest absolute Gasteiger partial charge is 0.0540 e. The predicted molar refractivity (Wildman–Crippen MR) is 254 cm³/mol. The number of hydrogen-bond donors (Lipinski definition) is 0. The van der Waals surface area contributed by atoms with Gasteiger partial charge >= 0.3 is 0 Å². The van der Waals surface area contributed by atoms with Crippen molar-refractivity contribution in [2.75, 3.05) is 4.90 Å². The molecule has 0 atom stereocenters. The summed E-state index contributed by atoms with van der Waals surface area (Å²) in [7, 11) is 0. The van der Waals surface area contributed by atoms with Crippen LogP contribution < -0.4 is 4.90 Å². The Kier molecular flexibility index (Phi) is 9.15. The summed E-state index contributed by atoms with van der Waals surface area (Å²) in [5.41, 5.74) is 14.3. The minimum absolute atomic E-state index is 0.0685. The Morgan fingerprint density at radius 3 is 1.56 bits per heavy atom. The molecule has 0 N–H and O–H groups in total. The average Bonchev–Trinajstić information content (AvgIpc) is 3.29. The first-order chi connectivity index (χ1) is 28.9. The third-order valence-electron chi connectivity index (χ3n) is 11.9. The summed E-state index contributed by atoms with van der Waals surface area (Å²) in [5.74, 6) is 0. The van der Waals surface area contributed by atoms with Crippen LogP contribution in [0, 0.1) is 0 Å². The second kappa shape index (κ2) is 14.9. The summed E-state index contributed by atoms with van der Waals surface area (Å²) in [6, 6.07) is 80.1. The van der Waals surface area contributed by atoms with Crippen LogP contribution in [0.3, 0.4) is 0 Å². The number of rotatable bonds is 7. The molecular weight excluding hydrogens is 711 g/mol. The summed E-state index contributed by atoms with van der Waals surface area (Å²) in [6.07, 6.45) is 0. The van der Waals surface area contributed by atoms with E-state index in [-0.39, 0.29) is 5.41 Å². The van der Waals surface area contributed by atoms with E-state index in [1.807, 2.05) is 0 Å². The molecule has 10 aromatic rings. The van der Waals surface area contributed by atoms with Crippen molar-refractivity contribution in [1.82, 2.24) is 0 Å². The molecule has 0 unspecified atom stereocenters. The average molecular weight is 756 g/mol. The topological polar surface area (TPSA) is 3.24 Å². The Balaban J connectivity index is 1.18. The Labute approximate surface area is 347 Å². The van der Waals surface area contributed by atoms with Gasteiger partial charge in [0.2, 0.25) is 0 Å². The maximum absolute atomic E-state index is 2.46. The molecule has 10 aromatic carbocycles. The number of benzene rings is 10. The van der Waals surface area contributed by atoms with Crippen LogP contribution in [-0.2, 0) is 5.41 Å². The molecule has 0 spiro atoms. The fourth-order valence-corrected chi connectivity index (χ4v) is 8.87. The largest absolute Gasteiger partial charge is 0.309 e. The van der Waals surface area contributed by atoms with Crippen molar-refractivity contribution in [2.45, 2.75) is 26.2 Å². The van der Waals surface area contributed by atoms with E-state index in [1.165, 1.54) is 82.4 Å². The second-order valence-corrected chi connectivity index (χ2v) is 16.5. The van der Waals surface area contributed by atoms with E-state index >= 15 is 0 Å². The van der Waals surface area contributed by atoms with E-state index < -0.39 is 0 Å². The summed E-state index contributed by atoms with van der Waals surface area (Å²) >= 11 is 0. The highest BCUT2D eigenvalue weighted by Crippen LogP contribution is 2.47. The summed E-state index contributed by atoms with van der Waals surface area (Å²) in [6.45, 7) is 6.82. The Morgan fingerprint density at radius 1 is 0.305 bits per heavy atom. The highest BCUT2D eigenvalue weighted by atomic mass is 15.1. The van der Waals surface area contributed by atoms with Crippen LogP contribution in [0.15, 0.2) is 218 Å². The first kappa shape index (κ1) is 36.1. The van der Waals surface area contributed by atoms with Crippen LogP contribution in [0.25, 0.3) is 76.8 Å². The van der Waals surface area contributed by atoms with Gasteiger partial charge in [-0.1, -0.05) is 215 Å². The van der Waals surface area contributed by atoms with Gasteiger partial charge in [-0.15, -0.1) is 0 Å². The molecule has 0 saturated carbocycles. The van der Waals surface area contributed by atoms with Crippen LogP contribution >= 0.6 is 0 Å². The Hall–Kier alpha value is -7.22. The molecule has 0 saturated heterocycles. The molecule has 0 bridgehead atoms.